The first-order valence-electron chi connectivity index (χ1n) is 8.96. The van der Waals surface area contributed by atoms with E-state index in [0.717, 1.165) is 29.0 Å². The SMILES string of the molecule is Cc1ccc(NC(=O)C2CCCN(C(=O)NCc3cccs3)C2)c(C)c1. The average molecular weight is 372 g/mol. The highest BCUT2D eigenvalue weighted by molar-refractivity contribution is 7.09. The molecule has 5 nitrogen and oxygen atoms in total. The van der Waals surface area contributed by atoms with Gasteiger partial charge in [-0.15, -0.1) is 11.3 Å². The van der Waals surface area contributed by atoms with Crippen molar-refractivity contribution in [3.63, 3.8) is 0 Å². The highest BCUT2D eigenvalue weighted by Gasteiger charge is 2.28. The fourth-order valence-corrected chi connectivity index (χ4v) is 3.90. The van der Waals surface area contributed by atoms with Crippen molar-refractivity contribution >= 4 is 29.0 Å². The third-order valence-electron chi connectivity index (χ3n) is 4.71. The Morgan fingerprint density at radius 3 is 2.85 bits per heavy atom. The van der Waals surface area contributed by atoms with Crippen LogP contribution in [0.5, 0.6) is 0 Å². The maximum atomic E-state index is 12.6. The molecule has 0 saturated carbocycles. The van der Waals surface area contributed by atoms with Gasteiger partial charge in [-0.25, -0.2) is 4.79 Å². The van der Waals surface area contributed by atoms with Crippen LogP contribution in [0.3, 0.4) is 0 Å². The fraction of sp³-hybridized carbons (Fsp3) is 0.400. The van der Waals surface area contributed by atoms with Crippen molar-refractivity contribution in [2.45, 2.75) is 33.2 Å². The van der Waals surface area contributed by atoms with Crippen LogP contribution in [0, 0.1) is 19.8 Å². The Balaban J connectivity index is 1.55. The summed E-state index contributed by atoms with van der Waals surface area (Å²) >= 11 is 1.62. The first kappa shape index (κ1) is 18.5. The monoisotopic (exact) mass is 371 g/mol. The van der Waals surface area contributed by atoms with Crippen molar-refractivity contribution in [3.8, 4) is 0 Å². The summed E-state index contributed by atoms with van der Waals surface area (Å²) < 4.78 is 0. The smallest absolute Gasteiger partial charge is 0.317 e. The normalized spacial score (nSPS) is 17.0. The number of rotatable bonds is 4. The molecule has 1 aliphatic heterocycles. The molecule has 3 rings (SSSR count). The minimum Gasteiger partial charge on any atom is -0.333 e. The van der Waals surface area contributed by atoms with Gasteiger partial charge in [0, 0.05) is 23.7 Å². The number of aryl methyl sites for hydroxylation is 2. The highest BCUT2D eigenvalue weighted by atomic mass is 32.1. The van der Waals surface area contributed by atoms with Gasteiger partial charge in [0.05, 0.1) is 12.5 Å². The van der Waals surface area contributed by atoms with Crippen molar-refractivity contribution in [1.29, 1.82) is 0 Å². The quantitative estimate of drug-likeness (QED) is 0.855. The molecule has 1 unspecified atom stereocenters. The van der Waals surface area contributed by atoms with E-state index >= 15 is 0 Å². The van der Waals surface area contributed by atoms with Gasteiger partial charge in [-0.1, -0.05) is 23.8 Å². The number of likely N-dealkylation sites (tertiary alicyclic amines) is 1. The van der Waals surface area contributed by atoms with Gasteiger partial charge in [0.15, 0.2) is 0 Å². The number of carbonyl (C=O) groups is 2. The molecular weight excluding hydrogens is 346 g/mol. The number of hydrogen-bond acceptors (Lipinski definition) is 3. The molecule has 0 bridgehead atoms. The summed E-state index contributed by atoms with van der Waals surface area (Å²) in [6.07, 6.45) is 1.66. The van der Waals surface area contributed by atoms with Crippen LogP contribution in [0.1, 0.15) is 28.8 Å². The van der Waals surface area contributed by atoms with Crippen molar-refractivity contribution in [3.05, 3.63) is 51.7 Å². The van der Waals surface area contributed by atoms with E-state index in [9.17, 15) is 9.59 Å². The van der Waals surface area contributed by atoms with E-state index in [1.807, 2.05) is 43.5 Å². The van der Waals surface area contributed by atoms with E-state index in [1.54, 1.807) is 16.2 Å². The number of hydrogen-bond donors (Lipinski definition) is 2. The first-order valence-corrected chi connectivity index (χ1v) is 9.84. The van der Waals surface area contributed by atoms with Crippen LogP contribution in [0.4, 0.5) is 10.5 Å². The van der Waals surface area contributed by atoms with Crippen molar-refractivity contribution in [2.75, 3.05) is 18.4 Å². The zero-order valence-corrected chi connectivity index (χ0v) is 16.1. The van der Waals surface area contributed by atoms with Gasteiger partial charge in [0.25, 0.3) is 0 Å². The van der Waals surface area contributed by atoms with Gasteiger partial charge < -0.3 is 15.5 Å². The topological polar surface area (TPSA) is 61.4 Å². The Kier molecular flexibility index (Phi) is 5.93. The van der Waals surface area contributed by atoms with Crippen molar-refractivity contribution in [2.24, 2.45) is 5.92 Å². The lowest BCUT2D eigenvalue weighted by atomic mass is 9.97. The molecule has 138 valence electrons. The second-order valence-corrected chi connectivity index (χ2v) is 7.86. The molecule has 0 radical (unpaired) electrons. The third-order valence-corrected chi connectivity index (χ3v) is 5.59. The Bertz CT molecular complexity index is 773. The third kappa shape index (κ3) is 4.64. The Morgan fingerprint density at radius 2 is 2.12 bits per heavy atom. The summed E-state index contributed by atoms with van der Waals surface area (Å²) in [7, 11) is 0. The summed E-state index contributed by atoms with van der Waals surface area (Å²) in [5.41, 5.74) is 3.08. The largest absolute Gasteiger partial charge is 0.333 e. The van der Waals surface area contributed by atoms with E-state index in [0.29, 0.717) is 19.6 Å². The molecule has 1 aromatic heterocycles. The molecule has 1 aliphatic rings. The van der Waals surface area contributed by atoms with Crippen LogP contribution in [0.25, 0.3) is 0 Å². The highest BCUT2D eigenvalue weighted by Crippen LogP contribution is 2.21. The van der Waals surface area contributed by atoms with E-state index in [2.05, 4.69) is 16.7 Å². The molecular formula is C20H25N3O2S. The minimum absolute atomic E-state index is 0.00675. The molecule has 0 spiro atoms. The number of benzene rings is 1. The molecule has 1 fully saturated rings. The average Bonchev–Trinajstić information content (AvgIpc) is 3.15. The molecule has 26 heavy (non-hydrogen) atoms. The lowest BCUT2D eigenvalue weighted by Gasteiger charge is -2.32. The Hall–Kier alpha value is -2.34. The lowest BCUT2D eigenvalue weighted by molar-refractivity contribution is -0.121. The predicted molar refractivity (Wildman–Crippen MR) is 105 cm³/mol. The fourth-order valence-electron chi connectivity index (χ4n) is 3.25. The molecule has 2 aromatic rings. The summed E-state index contributed by atoms with van der Waals surface area (Å²) in [4.78, 5) is 27.9. The number of nitrogens with zero attached hydrogens (tertiary/aromatic N) is 1. The number of anilines is 1. The van der Waals surface area contributed by atoms with Gasteiger partial charge in [-0.2, -0.15) is 0 Å². The van der Waals surface area contributed by atoms with Gasteiger partial charge in [-0.3, -0.25) is 4.79 Å². The number of nitrogens with one attached hydrogen (secondary N) is 2. The van der Waals surface area contributed by atoms with Crippen LogP contribution >= 0.6 is 11.3 Å². The predicted octanol–water partition coefficient (Wildman–Crippen LogP) is 3.93. The number of carbonyl (C=O) groups excluding carboxylic acids is 2. The zero-order chi connectivity index (χ0) is 18.5. The Morgan fingerprint density at radius 1 is 1.27 bits per heavy atom. The number of piperidine rings is 1. The number of thiophene rings is 1. The summed E-state index contributed by atoms with van der Waals surface area (Å²) in [6, 6.07) is 9.87. The van der Waals surface area contributed by atoms with Gasteiger partial charge >= 0.3 is 6.03 Å². The summed E-state index contributed by atoms with van der Waals surface area (Å²) in [5.74, 6) is -0.176. The zero-order valence-electron chi connectivity index (χ0n) is 15.2. The molecule has 0 aliphatic carbocycles. The van der Waals surface area contributed by atoms with Crippen molar-refractivity contribution in [1.82, 2.24) is 10.2 Å². The van der Waals surface area contributed by atoms with Crippen LogP contribution in [0.2, 0.25) is 0 Å². The van der Waals surface area contributed by atoms with Crippen LogP contribution in [-0.4, -0.2) is 29.9 Å². The van der Waals surface area contributed by atoms with Crippen LogP contribution in [0.15, 0.2) is 35.7 Å². The maximum absolute atomic E-state index is 12.6. The molecule has 1 aromatic carbocycles. The number of urea groups is 1. The van der Waals surface area contributed by atoms with E-state index < -0.39 is 0 Å². The van der Waals surface area contributed by atoms with E-state index in [-0.39, 0.29) is 17.9 Å². The first-order chi connectivity index (χ1) is 12.5. The Labute approximate surface area is 158 Å². The van der Waals surface area contributed by atoms with Gasteiger partial charge in [0.2, 0.25) is 5.91 Å². The number of amides is 3. The summed E-state index contributed by atoms with van der Waals surface area (Å²) in [5, 5.41) is 7.97. The second-order valence-electron chi connectivity index (χ2n) is 6.83. The molecule has 1 saturated heterocycles. The van der Waals surface area contributed by atoms with Gasteiger partial charge in [0.1, 0.15) is 0 Å². The molecule has 2 N–H and O–H groups in total. The van der Waals surface area contributed by atoms with Crippen molar-refractivity contribution < 1.29 is 9.59 Å². The lowest BCUT2D eigenvalue weighted by Crippen LogP contribution is -2.47. The summed E-state index contributed by atoms with van der Waals surface area (Å²) in [6.45, 7) is 5.73. The van der Waals surface area contributed by atoms with Gasteiger partial charge in [-0.05, 0) is 49.8 Å². The minimum atomic E-state index is -0.169. The van der Waals surface area contributed by atoms with E-state index in [1.165, 1.54) is 5.56 Å². The molecule has 6 heteroatoms. The van der Waals surface area contributed by atoms with Crippen LogP contribution in [-0.2, 0) is 11.3 Å². The van der Waals surface area contributed by atoms with E-state index in [4.69, 9.17) is 0 Å². The molecule has 2 heterocycles. The second kappa shape index (κ2) is 8.36. The molecule has 3 amide bonds. The molecule has 1 atom stereocenters. The maximum Gasteiger partial charge on any atom is 0.317 e. The standard InChI is InChI=1S/C20H25N3O2S/c1-14-7-8-18(15(2)11-14)22-19(24)16-5-3-9-23(13-16)20(25)21-12-17-6-4-10-26-17/h4,6-8,10-11,16H,3,5,9,12-13H2,1-2H3,(H,21,25)(H,22,24). The van der Waals surface area contributed by atoms with Crippen LogP contribution < -0.4 is 10.6 Å².